The number of hydrogen-bond acceptors (Lipinski definition) is 7. The van der Waals surface area contributed by atoms with Gasteiger partial charge in [0, 0.05) is 13.7 Å². The van der Waals surface area contributed by atoms with Gasteiger partial charge in [-0.05, 0) is 32.1 Å². The van der Waals surface area contributed by atoms with Gasteiger partial charge >= 0.3 is 7.82 Å². The average molecular weight is 622 g/mol. The maximum atomic E-state index is 11.6. The molecule has 0 radical (unpaired) electrons. The Bertz CT molecular complexity index is 623. The average Bonchev–Trinajstić information content (AvgIpc) is 2.98. The van der Waals surface area contributed by atoms with Crippen LogP contribution < -0.4 is 5.73 Å². The minimum Gasteiger partial charge on any atom is -0.388 e. The number of allylic oxidation sites excluding steroid dienone is 2. The van der Waals surface area contributed by atoms with Gasteiger partial charge in [0.25, 0.3) is 0 Å². The molecule has 0 fully saturated rings. The Morgan fingerprint density at radius 2 is 1.17 bits per heavy atom. The van der Waals surface area contributed by atoms with Crippen LogP contribution in [0.5, 0.6) is 0 Å². The first-order valence-corrected chi connectivity index (χ1v) is 18.7. The predicted octanol–water partition coefficient (Wildman–Crippen LogP) is 8.63. The van der Waals surface area contributed by atoms with Gasteiger partial charge in [0.2, 0.25) is 0 Å². The fourth-order valence-electron chi connectivity index (χ4n) is 4.90. The molecule has 42 heavy (non-hydrogen) atoms. The number of unbranched alkanes of at least 4 members (excludes halogenated alkanes) is 19. The van der Waals surface area contributed by atoms with Crippen LogP contribution in [0.1, 0.15) is 148 Å². The van der Waals surface area contributed by atoms with Crippen LogP contribution in [-0.2, 0) is 23.1 Å². The molecule has 0 amide bonds. The monoisotopic (exact) mass is 621 g/mol. The largest absolute Gasteiger partial charge is 0.472 e. The quantitative estimate of drug-likeness (QED) is 0.0371. The summed E-state index contributed by atoms with van der Waals surface area (Å²) >= 11 is 0. The molecule has 2 unspecified atom stereocenters. The van der Waals surface area contributed by atoms with Crippen LogP contribution in [0.25, 0.3) is 0 Å². The van der Waals surface area contributed by atoms with Crippen molar-refractivity contribution in [2.75, 3.05) is 40.1 Å². The molecule has 0 aliphatic rings. The van der Waals surface area contributed by atoms with Crippen LogP contribution in [0.15, 0.2) is 12.2 Å². The zero-order valence-corrected chi connectivity index (χ0v) is 28.3. The standard InChI is InChI=1S/C33H68NO7P/c1-3-4-5-6-7-8-9-10-11-12-13-14-15-16-17-18-19-20-21-22-23-24-25-26-33(38-2)31-39-29-32(35)30-41-42(36,37)40-28-27-34/h8-9,32-33,35H,3-7,10-31,34H2,1-2H3,(H,36,37)/b9-8-/t32-,33?/m1/s1. The van der Waals surface area contributed by atoms with Gasteiger partial charge in [-0.15, -0.1) is 0 Å². The van der Waals surface area contributed by atoms with Crippen molar-refractivity contribution in [1.29, 1.82) is 0 Å². The summed E-state index contributed by atoms with van der Waals surface area (Å²) in [6.07, 6.45) is 32.8. The first kappa shape index (κ1) is 41.7. The van der Waals surface area contributed by atoms with Crippen LogP contribution in [0, 0.1) is 0 Å². The molecular weight excluding hydrogens is 553 g/mol. The van der Waals surface area contributed by atoms with Crippen molar-refractivity contribution in [1.82, 2.24) is 0 Å². The molecule has 0 bridgehead atoms. The van der Waals surface area contributed by atoms with E-state index in [4.69, 9.17) is 19.7 Å². The van der Waals surface area contributed by atoms with E-state index in [-0.39, 0.29) is 32.5 Å². The molecular formula is C33H68NO7P. The summed E-state index contributed by atoms with van der Waals surface area (Å²) in [6, 6.07) is 0. The highest BCUT2D eigenvalue weighted by atomic mass is 31.2. The molecule has 0 aliphatic carbocycles. The van der Waals surface area contributed by atoms with Crippen molar-refractivity contribution < 1.29 is 33.1 Å². The normalized spacial score (nSPS) is 14.9. The van der Waals surface area contributed by atoms with E-state index in [2.05, 4.69) is 23.6 Å². The summed E-state index contributed by atoms with van der Waals surface area (Å²) in [5.41, 5.74) is 5.22. The van der Waals surface area contributed by atoms with Gasteiger partial charge in [0.1, 0.15) is 6.10 Å². The lowest BCUT2D eigenvalue weighted by molar-refractivity contribution is -0.0386. The zero-order chi connectivity index (χ0) is 31.0. The van der Waals surface area contributed by atoms with E-state index in [1.165, 1.54) is 128 Å². The van der Waals surface area contributed by atoms with Gasteiger partial charge in [-0.1, -0.05) is 128 Å². The number of hydrogen-bond donors (Lipinski definition) is 3. The molecule has 8 nitrogen and oxygen atoms in total. The van der Waals surface area contributed by atoms with Crippen molar-refractivity contribution >= 4 is 7.82 Å². The molecule has 9 heteroatoms. The fraction of sp³-hybridized carbons (Fsp3) is 0.939. The highest BCUT2D eigenvalue weighted by Gasteiger charge is 2.22. The molecule has 4 N–H and O–H groups in total. The molecule has 252 valence electrons. The first-order valence-electron chi connectivity index (χ1n) is 17.2. The number of phosphoric ester groups is 1. The van der Waals surface area contributed by atoms with E-state index in [0.717, 1.165) is 12.8 Å². The number of methoxy groups -OCH3 is 1. The predicted molar refractivity (Wildman–Crippen MR) is 175 cm³/mol. The van der Waals surface area contributed by atoms with Gasteiger partial charge in [-0.3, -0.25) is 9.05 Å². The molecule has 0 saturated carbocycles. The third kappa shape index (κ3) is 31.1. The third-order valence-corrected chi connectivity index (χ3v) is 8.52. The molecule has 0 aromatic rings. The van der Waals surface area contributed by atoms with E-state index in [1.54, 1.807) is 7.11 Å². The molecule has 0 spiro atoms. The number of nitrogens with two attached hydrogens (primary N) is 1. The second-order valence-electron chi connectivity index (χ2n) is 11.6. The molecule has 0 saturated heterocycles. The SMILES string of the molecule is CCCCCC/C=C\CCCCCCCCCCCCCCCCCC(COC[C@@H](O)COP(=O)(O)OCCN)OC. The van der Waals surface area contributed by atoms with Crippen LogP contribution in [-0.4, -0.2) is 62.3 Å². The van der Waals surface area contributed by atoms with Gasteiger partial charge in [0.15, 0.2) is 0 Å². The molecule has 0 aromatic heterocycles. The van der Waals surface area contributed by atoms with E-state index in [1.807, 2.05) is 0 Å². The lowest BCUT2D eigenvalue weighted by Gasteiger charge is -2.18. The molecule has 0 rings (SSSR count). The van der Waals surface area contributed by atoms with Gasteiger partial charge in [0.05, 0.1) is 32.5 Å². The number of ether oxygens (including phenoxy) is 2. The molecule has 0 aromatic carbocycles. The van der Waals surface area contributed by atoms with Crippen molar-refractivity contribution in [3.8, 4) is 0 Å². The number of rotatable bonds is 34. The Balaban J connectivity index is 3.42. The van der Waals surface area contributed by atoms with Crippen LogP contribution >= 0.6 is 7.82 Å². The first-order chi connectivity index (χ1) is 20.4. The Hall–Kier alpha value is -0.310. The summed E-state index contributed by atoms with van der Waals surface area (Å²) in [5.74, 6) is 0. The van der Waals surface area contributed by atoms with E-state index in [0.29, 0.717) is 6.61 Å². The highest BCUT2D eigenvalue weighted by Crippen LogP contribution is 2.42. The van der Waals surface area contributed by atoms with Crippen LogP contribution in [0.2, 0.25) is 0 Å². The maximum Gasteiger partial charge on any atom is 0.472 e. The molecule has 3 atom stereocenters. The highest BCUT2D eigenvalue weighted by molar-refractivity contribution is 7.47. The van der Waals surface area contributed by atoms with Crippen molar-refractivity contribution in [2.45, 2.75) is 160 Å². The lowest BCUT2D eigenvalue weighted by atomic mass is 10.0. The second-order valence-corrected chi connectivity index (χ2v) is 13.1. The lowest BCUT2D eigenvalue weighted by Crippen LogP contribution is -2.26. The summed E-state index contributed by atoms with van der Waals surface area (Å²) in [6.45, 7) is 2.30. The van der Waals surface area contributed by atoms with Gasteiger partial charge < -0.3 is 25.2 Å². The summed E-state index contributed by atoms with van der Waals surface area (Å²) < 4.78 is 31.9. The van der Waals surface area contributed by atoms with Crippen molar-refractivity contribution in [3.05, 3.63) is 12.2 Å². The number of aliphatic hydroxyl groups excluding tert-OH is 1. The minimum absolute atomic E-state index is 0.00580. The summed E-state index contributed by atoms with van der Waals surface area (Å²) in [7, 11) is -2.52. The Labute approximate surface area is 259 Å². The van der Waals surface area contributed by atoms with Crippen molar-refractivity contribution in [3.63, 3.8) is 0 Å². The maximum absolute atomic E-state index is 11.6. The Morgan fingerprint density at radius 1 is 0.690 bits per heavy atom. The van der Waals surface area contributed by atoms with E-state index >= 15 is 0 Å². The summed E-state index contributed by atoms with van der Waals surface area (Å²) in [5, 5.41) is 9.88. The van der Waals surface area contributed by atoms with E-state index in [9.17, 15) is 14.6 Å². The fourth-order valence-corrected chi connectivity index (χ4v) is 5.67. The van der Waals surface area contributed by atoms with Gasteiger partial charge in [-0.25, -0.2) is 4.57 Å². The van der Waals surface area contributed by atoms with Crippen molar-refractivity contribution in [2.24, 2.45) is 5.73 Å². The molecule has 0 heterocycles. The molecule has 0 aliphatic heterocycles. The third-order valence-electron chi connectivity index (χ3n) is 7.54. The topological polar surface area (TPSA) is 120 Å². The summed E-state index contributed by atoms with van der Waals surface area (Å²) in [4.78, 5) is 9.43. The Kier molecular flexibility index (Phi) is 31.9. The van der Waals surface area contributed by atoms with Crippen LogP contribution in [0.4, 0.5) is 0 Å². The second kappa shape index (κ2) is 32.1. The zero-order valence-electron chi connectivity index (χ0n) is 27.4. The smallest absolute Gasteiger partial charge is 0.388 e. The number of phosphoric acid groups is 1. The number of aliphatic hydroxyl groups is 1. The van der Waals surface area contributed by atoms with E-state index < -0.39 is 13.9 Å². The Morgan fingerprint density at radius 3 is 1.64 bits per heavy atom. The minimum atomic E-state index is -4.19. The van der Waals surface area contributed by atoms with Gasteiger partial charge in [-0.2, -0.15) is 0 Å². The van der Waals surface area contributed by atoms with Crippen LogP contribution in [0.3, 0.4) is 0 Å².